The average molecular weight is 298 g/mol. The lowest BCUT2D eigenvalue weighted by molar-refractivity contribution is -0.228. The molecule has 4 heteroatoms. The van der Waals surface area contributed by atoms with Crippen molar-refractivity contribution in [2.75, 3.05) is 20.8 Å². The van der Waals surface area contributed by atoms with Gasteiger partial charge in [0, 0.05) is 38.0 Å². The molecule has 2 rings (SSSR count). The summed E-state index contributed by atoms with van der Waals surface area (Å²) >= 11 is 6.32. The molecule has 0 bridgehead atoms. The zero-order chi connectivity index (χ0) is 14.6. The summed E-state index contributed by atoms with van der Waals surface area (Å²) in [5, 5.41) is 0.818. The maximum atomic E-state index is 6.32. The smallest absolute Gasteiger partial charge is 0.167 e. The van der Waals surface area contributed by atoms with Crippen LogP contribution >= 0.6 is 11.6 Å². The number of nitrogens with two attached hydrogens (primary N) is 1. The van der Waals surface area contributed by atoms with Crippen molar-refractivity contribution < 1.29 is 9.47 Å². The molecule has 0 spiro atoms. The van der Waals surface area contributed by atoms with Gasteiger partial charge in [-0.1, -0.05) is 29.8 Å². The molecule has 0 radical (unpaired) electrons. The van der Waals surface area contributed by atoms with Crippen LogP contribution in [0.25, 0.3) is 0 Å². The van der Waals surface area contributed by atoms with Gasteiger partial charge >= 0.3 is 0 Å². The first-order chi connectivity index (χ1) is 9.65. The molecule has 1 fully saturated rings. The number of hydrogen-bond donors (Lipinski definition) is 1. The summed E-state index contributed by atoms with van der Waals surface area (Å²) in [6.45, 7) is 0.626. The molecule has 1 aliphatic carbocycles. The van der Waals surface area contributed by atoms with E-state index in [1.54, 1.807) is 14.2 Å². The van der Waals surface area contributed by atoms with Crippen LogP contribution in [0.4, 0.5) is 0 Å². The van der Waals surface area contributed by atoms with Crippen molar-refractivity contribution in [3.8, 4) is 0 Å². The van der Waals surface area contributed by atoms with Gasteiger partial charge in [-0.05, 0) is 36.9 Å². The standard InChI is InChI=1S/C16H24ClNO2/c1-19-16(20-2)9-7-12(8-10-16)14(11-18)13-5-3-4-6-15(13)17/h3-6,12,14H,7-11,18H2,1-2H3. The molecular weight excluding hydrogens is 274 g/mol. The highest BCUT2D eigenvalue weighted by atomic mass is 35.5. The SMILES string of the molecule is COC1(OC)CCC(C(CN)c2ccccc2Cl)CC1. The molecule has 0 aromatic heterocycles. The highest BCUT2D eigenvalue weighted by Crippen LogP contribution is 2.42. The van der Waals surface area contributed by atoms with Gasteiger partial charge < -0.3 is 15.2 Å². The fraction of sp³-hybridized carbons (Fsp3) is 0.625. The van der Waals surface area contributed by atoms with E-state index in [0.29, 0.717) is 18.4 Å². The Morgan fingerprint density at radius 3 is 2.35 bits per heavy atom. The highest BCUT2D eigenvalue weighted by molar-refractivity contribution is 6.31. The lowest BCUT2D eigenvalue weighted by atomic mass is 9.75. The molecule has 3 nitrogen and oxygen atoms in total. The molecular formula is C16H24ClNO2. The van der Waals surface area contributed by atoms with Crippen LogP contribution in [0.3, 0.4) is 0 Å². The number of ether oxygens (including phenoxy) is 2. The van der Waals surface area contributed by atoms with Gasteiger partial charge in [0.2, 0.25) is 0 Å². The normalized spacial score (nSPS) is 20.8. The lowest BCUT2D eigenvalue weighted by Gasteiger charge is -2.40. The predicted molar refractivity (Wildman–Crippen MR) is 82.0 cm³/mol. The van der Waals surface area contributed by atoms with Crippen LogP contribution < -0.4 is 5.73 Å². The monoisotopic (exact) mass is 297 g/mol. The average Bonchev–Trinajstić information content (AvgIpc) is 2.51. The Morgan fingerprint density at radius 2 is 1.85 bits per heavy atom. The summed E-state index contributed by atoms with van der Waals surface area (Å²) in [6, 6.07) is 8.02. The second kappa shape index (κ2) is 6.90. The van der Waals surface area contributed by atoms with Gasteiger partial charge in [0.1, 0.15) is 0 Å². The Bertz CT molecular complexity index is 424. The largest absolute Gasteiger partial charge is 0.353 e. The summed E-state index contributed by atoms with van der Waals surface area (Å²) in [6.07, 6.45) is 3.92. The molecule has 1 aromatic carbocycles. The molecule has 0 heterocycles. The van der Waals surface area contributed by atoms with Gasteiger partial charge in [-0.15, -0.1) is 0 Å². The Kier molecular flexibility index (Phi) is 5.44. The van der Waals surface area contributed by atoms with E-state index in [4.69, 9.17) is 26.8 Å². The lowest BCUT2D eigenvalue weighted by Crippen LogP contribution is -2.40. The molecule has 1 saturated carbocycles. The third-order valence-electron chi connectivity index (χ3n) is 4.66. The number of rotatable bonds is 5. The van der Waals surface area contributed by atoms with E-state index in [-0.39, 0.29) is 0 Å². The minimum Gasteiger partial charge on any atom is -0.353 e. The van der Waals surface area contributed by atoms with Crippen LogP contribution in [0.1, 0.15) is 37.2 Å². The van der Waals surface area contributed by atoms with Crippen LogP contribution in [0.5, 0.6) is 0 Å². The number of halogens is 1. The summed E-state index contributed by atoms with van der Waals surface area (Å²) in [7, 11) is 3.44. The van der Waals surface area contributed by atoms with Crippen LogP contribution in [0, 0.1) is 5.92 Å². The summed E-state index contributed by atoms with van der Waals surface area (Å²) in [5.74, 6) is 0.449. The first-order valence-corrected chi connectivity index (χ1v) is 7.58. The summed E-state index contributed by atoms with van der Waals surface area (Å²) in [5.41, 5.74) is 7.19. The number of methoxy groups -OCH3 is 2. The molecule has 1 unspecified atom stereocenters. The molecule has 112 valence electrons. The van der Waals surface area contributed by atoms with E-state index < -0.39 is 5.79 Å². The first-order valence-electron chi connectivity index (χ1n) is 7.20. The first kappa shape index (κ1) is 15.8. The van der Waals surface area contributed by atoms with Crippen LogP contribution in [-0.2, 0) is 9.47 Å². The maximum Gasteiger partial charge on any atom is 0.167 e. The van der Waals surface area contributed by atoms with Crippen molar-refractivity contribution in [1.82, 2.24) is 0 Å². The van der Waals surface area contributed by atoms with Gasteiger partial charge in [0.15, 0.2) is 5.79 Å². The molecule has 2 N–H and O–H groups in total. The van der Waals surface area contributed by atoms with Crippen LogP contribution in [-0.4, -0.2) is 26.6 Å². The van der Waals surface area contributed by atoms with E-state index in [1.807, 2.05) is 18.2 Å². The second-order valence-corrected chi connectivity index (χ2v) is 5.93. The summed E-state index contributed by atoms with van der Waals surface area (Å²) in [4.78, 5) is 0. The molecule has 1 aromatic rings. The van der Waals surface area contributed by atoms with Crippen molar-refractivity contribution in [2.24, 2.45) is 11.7 Å². The van der Waals surface area contributed by atoms with Crippen molar-refractivity contribution in [3.63, 3.8) is 0 Å². The molecule has 1 aliphatic rings. The Hall–Kier alpha value is -0.610. The van der Waals surface area contributed by atoms with E-state index >= 15 is 0 Å². The second-order valence-electron chi connectivity index (χ2n) is 5.52. The molecule has 20 heavy (non-hydrogen) atoms. The number of benzene rings is 1. The number of hydrogen-bond acceptors (Lipinski definition) is 3. The van der Waals surface area contributed by atoms with E-state index in [9.17, 15) is 0 Å². The van der Waals surface area contributed by atoms with Crippen molar-refractivity contribution in [3.05, 3.63) is 34.9 Å². The minimum absolute atomic E-state index is 0.315. The zero-order valence-electron chi connectivity index (χ0n) is 12.3. The summed E-state index contributed by atoms with van der Waals surface area (Å²) < 4.78 is 11.1. The third-order valence-corrected chi connectivity index (χ3v) is 5.01. The predicted octanol–water partition coefficient (Wildman–Crippen LogP) is 3.56. The van der Waals surface area contributed by atoms with E-state index in [0.717, 1.165) is 30.7 Å². The van der Waals surface area contributed by atoms with Crippen molar-refractivity contribution >= 4 is 11.6 Å². The highest BCUT2D eigenvalue weighted by Gasteiger charge is 2.38. The minimum atomic E-state index is -0.407. The molecule has 0 amide bonds. The Labute approximate surface area is 126 Å². The van der Waals surface area contributed by atoms with Crippen LogP contribution in [0.2, 0.25) is 5.02 Å². The van der Waals surface area contributed by atoms with E-state index in [1.165, 1.54) is 5.56 Å². The van der Waals surface area contributed by atoms with Gasteiger partial charge in [0.25, 0.3) is 0 Å². The van der Waals surface area contributed by atoms with Crippen molar-refractivity contribution in [1.29, 1.82) is 0 Å². The fourth-order valence-corrected chi connectivity index (χ4v) is 3.60. The molecule has 0 saturated heterocycles. The maximum absolute atomic E-state index is 6.32. The fourth-order valence-electron chi connectivity index (χ4n) is 3.32. The zero-order valence-corrected chi connectivity index (χ0v) is 13.0. The Morgan fingerprint density at radius 1 is 1.25 bits per heavy atom. The third kappa shape index (κ3) is 3.17. The quantitative estimate of drug-likeness (QED) is 0.845. The van der Waals surface area contributed by atoms with Gasteiger partial charge in [0.05, 0.1) is 0 Å². The van der Waals surface area contributed by atoms with Gasteiger partial charge in [-0.25, -0.2) is 0 Å². The molecule has 0 aliphatic heterocycles. The van der Waals surface area contributed by atoms with E-state index in [2.05, 4.69) is 6.07 Å². The van der Waals surface area contributed by atoms with Crippen LogP contribution in [0.15, 0.2) is 24.3 Å². The topological polar surface area (TPSA) is 44.5 Å². The Balaban J connectivity index is 2.10. The molecule has 1 atom stereocenters. The van der Waals surface area contributed by atoms with Gasteiger partial charge in [-0.3, -0.25) is 0 Å². The van der Waals surface area contributed by atoms with Crippen molar-refractivity contribution in [2.45, 2.75) is 37.4 Å². The van der Waals surface area contributed by atoms with Gasteiger partial charge in [-0.2, -0.15) is 0 Å².